The van der Waals surface area contributed by atoms with Gasteiger partial charge in [0.2, 0.25) is 0 Å². The van der Waals surface area contributed by atoms with Crippen molar-refractivity contribution in [3.05, 3.63) is 65.1 Å². The second-order valence-electron chi connectivity index (χ2n) is 3.63. The molecule has 2 aromatic rings. The lowest BCUT2D eigenvalue weighted by Gasteiger charge is -2.21. The van der Waals surface area contributed by atoms with E-state index in [4.69, 9.17) is 0 Å². The average molecular weight is 246 g/mol. The highest BCUT2D eigenvalue weighted by Gasteiger charge is 2.17. The predicted octanol–water partition coefficient (Wildman–Crippen LogP) is 3.26. The molecule has 0 aliphatic rings. The zero-order valence-electron chi connectivity index (χ0n) is 9.36. The summed E-state index contributed by atoms with van der Waals surface area (Å²) in [7, 11) is 0. The third kappa shape index (κ3) is 3.00. The standard InChI is InChI=1S/C13H14N2OS/c1-2-12(13-14-8-9-17-13)15(16)10-11-6-4-3-5-7-11/h2-9,12,16H,1,10H2. The number of rotatable bonds is 5. The van der Waals surface area contributed by atoms with Gasteiger partial charge in [-0.1, -0.05) is 36.4 Å². The van der Waals surface area contributed by atoms with Crippen molar-refractivity contribution in [1.82, 2.24) is 10.0 Å². The molecule has 0 aliphatic heterocycles. The van der Waals surface area contributed by atoms with Crippen LogP contribution >= 0.6 is 11.3 Å². The average Bonchev–Trinajstić information content (AvgIpc) is 2.85. The molecule has 1 heterocycles. The van der Waals surface area contributed by atoms with Crippen LogP contribution in [0.25, 0.3) is 0 Å². The Labute approximate surface area is 105 Å². The molecule has 0 fully saturated rings. The molecule has 0 bridgehead atoms. The normalized spacial score (nSPS) is 12.6. The summed E-state index contributed by atoms with van der Waals surface area (Å²) in [5.74, 6) is 0. The van der Waals surface area contributed by atoms with Crippen LogP contribution in [0.5, 0.6) is 0 Å². The van der Waals surface area contributed by atoms with Crippen molar-refractivity contribution in [1.29, 1.82) is 0 Å². The summed E-state index contributed by atoms with van der Waals surface area (Å²) in [4.78, 5) is 4.20. The van der Waals surface area contributed by atoms with Gasteiger partial charge in [0, 0.05) is 18.1 Å². The highest BCUT2D eigenvalue weighted by atomic mass is 32.1. The maximum Gasteiger partial charge on any atom is 0.116 e. The number of aromatic nitrogens is 1. The SMILES string of the molecule is C=CC(c1nccs1)N(O)Cc1ccccc1. The minimum Gasteiger partial charge on any atom is -0.313 e. The van der Waals surface area contributed by atoms with Crippen molar-refractivity contribution in [3.8, 4) is 0 Å². The molecule has 2 rings (SSSR count). The molecule has 0 saturated heterocycles. The van der Waals surface area contributed by atoms with Gasteiger partial charge >= 0.3 is 0 Å². The zero-order valence-corrected chi connectivity index (χ0v) is 10.2. The first kappa shape index (κ1) is 12.0. The molecule has 1 aromatic heterocycles. The van der Waals surface area contributed by atoms with Gasteiger partial charge in [-0.15, -0.1) is 17.9 Å². The molecule has 0 aliphatic carbocycles. The molecule has 1 atom stereocenters. The first-order valence-electron chi connectivity index (χ1n) is 5.32. The van der Waals surface area contributed by atoms with Crippen molar-refractivity contribution >= 4 is 11.3 Å². The van der Waals surface area contributed by atoms with E-state index in [2.05, 4.69) is 11.6 Å². The lowest BCUT2D eigenvalue weighted by Crippen LogP contribution is -2.23. The van der Waals surface area contributed by atoms with E-state index in [1.807, 2.05) is 35.7 Å². The maximum absolute atomic E-state index is 10.1. The minimum atomic E-state index is -0.254. The smallest absolute Gasteiger partial charge is 0.116 e. The number of benzene rings is 1. The van der Waals surface area contributed by atoms with Crippen LogP contribution in [-0.2, 0) is 6.54 Å². The van der Waals surface area contributed by atoms with Crippen LogP contribution < -0.4 is 0 Å². The predicted molar refractivity (Wildman–Crippen MR) is 68.8 cm³/mol. The minimum absolute atomic E-state index is 0.254. The lowest BCUT2D eigenvalue weighted by molar-refractivity contribution is -0.123. The molecule has 0 radical (unpaired) electrons. The largest absolute Gasteiger partial charge is 0.313 e. The molecule has 1 N–H and O–H groups in total. The van der Waals surface area contributed by atoms with Gasteiger partial charge in [-0.25, -0.2) is 4.98 Å². The maximum atomic E-state index is 10.1. The summed E-state index contributed by atoms with van der Waals surface area (Å²) < 4.78 is 0. The van der Waals surface area contributed by atoms with Crippen molar-refractivity contribution in [2.75, 3.05) is 0 Å². The van der Waals surface area contributed by atoms with Gasteiger partial charge in [0.1, 0.15) is 11.0 Å². The van der Waals surface area contributed by atoms with Crippen molar-refractivity contribution in [3.63, 3.8) is 0 Å². The number of thiazole rings is 1. The Morgan fingerprint density at radius 1 is 1.41 bits per heavy atom. The van der Waals surface area contributed by atoms with Gasteiger partial charge in [-0.05, 0) is 5.56 Å². The van der Waals surface area contributed by atoms with Gasteiger partial charge in [-0.2, -0.15) is 5.06 Å². The number of hydroxylamine groups is 2. The molecule has 3 nitrogen and oxygen atoms in total. The Balaban J connectivity index is 2.08. The lowest BCUT2D eigenvalue weighted by atomic mass is 10.2. The number of nitrogens with zero attached hydrogens (tertiary/aromatic N) is 2. The molecule has 0 amide bonds. The third-order valence-corrected chi connectivity index (χ3v) is 3.28. The fourth-order valence-electron chi connectivity index (χ4n) is 1.60. The van der Waals surface area contributed by atoms with E-state index in [0.717, 1.165) is 10.6 Å². The molecule has 4 heteroatoms. The first-order chi connectivity index (χ1) is 8.31. The van der Waals surface area contributed by atoms with E-state index < -0.39 is 0 Å². The van der Waals surface area contributed by atoms with Crippen molar-refractivity contribution < 1.29 is 5.21 Å². The van der Waals surface area contributed by atoms with Crippen LogP contribution in [-0.4, -0.2) is 15.3 Å². The monoisotopic (exact) mass is 246 g/mol. The van der Waals surface area contributed by atoms with Gasteiger partial charge in [0.15, 0.2) is 0 Å². The summed E-state index contributed by atoms with van der Waals surface area (Å²) >= 11 is 1.51. The number of hydrogen-bond donors (Lipinski definition) is 1. The summed E-state index contributed by atoms with van der Waals surface area (Å²) in [6.07, 6.45) is 3.43. The summed E-state index contributed by atoms with van der Waals surface area (Å²) in [6.45, 7) is 4.20. The van der Waals surface area contributed by atoms with E-state index in [0.29, 0.717) is 6.54 Å². The highest BCUT2D eigenvalue weighted by Crippen LogP contribution is 2.23. The molecule has 1 aromatic carbocycles. The number of hydrogen-bond acceptors (Lipinski definition) is 4. The quantitative estimate of drug-likeness (QED) is 0.650. The van der Waals surface area contributed by atoms with E-state index in [1.54, 1.807) is 12.3 Å². The Bertz CT molecular complexity index is 456. The topological polar surface area (TPSA) is 36.4 Å². The van der Waals surface area contributed by atoms with E-state index >= 15 is 0 Å². The molecule has 88 valence electrons. The van der Waals surface area contributed by atoms with Gasteiger partial charge < -0.3 is 5.21 Å². The molecular formula is C13H14N2OS. The molecule has 17 heavy (non-hydrogen) atoms. The van der Waals surface area contributed by atoms with E-state index in [1.165, 1.54) is 16.4 Å². The fraction of sp³-hybridized carbons (Fsp3) is 0.154. The zero-order chi connectivity index (χ0) is 12.1. The molecular weight excluding hydrogens is 232 g/mol. The Morgan fingerprint density at radius 3 is 2.76 bits per heavy atom. The molecule has 1 unspecified atom stereocenters. The van der Waals surface area contributed by atoms with Crippen LogP contribution in [0.2, 0.25) is 0 Å². The van der Waals surface area contributed by atoms with Crippen LogP contribution in [0.3, 0.4) is 0 Å². The Kier molecular flexibility index (Phi) is 4.03. The van der Waals surface area contributed by atoms with Crippen molar-refractivity contribution in [2.45, 2.75) is 12.6 Å². The van der Waals surface area contributed by atoms with Crippen molar-refractivity contribution in [2.24, 2.45) is 0 Å². The van der Waals surface area contributed by atoms with Gasteiger partial charge in [-0.3, -0.25) is 0 Å². The van der Waals surface area contributed by atoms with E-state index in [9.17, 15) is 5.21 Å². The fourth-order valence-corrected chi connectivity index (χ4v) is 2.34. The van der Waals surface area contributed by atoms with Crippen LogP contribution in [0.4, 0.5) is 0 Å². The van der Waals surface area contributed by atoms with E-state index in [-0.39, 0.29) is 6.04 Å². The summed E-state index contributed by atoms with van der Waals surface area (Å²) in [5, 5.41) is 14.1. The van der Waals surface area contributed by atoms with Gasteiger partial charge in [0.05, 0.1) is 0 Å². The molecule has 0 saturated carbocycles. The highest BCUT2D eigenvalue weighted by molar-refractivity contribution is 7.09. The van der Waals surface area contributed by atoms with Crippen LogP contribution in [0.15, 0.2) is 54.6 Å². The summed E-state index contributed by atoms with van der Waals surface area (Å²) in [6, 6.07) is 9.56. The van der Waals surface area contributed by atoms with Crippen LogP contribution in [0.1, 0.15) is 16.6 Å². The Morgan fingerprint density at radius 2 is 2.18 bits per heavy atom. The first-order valence-corrected chi connectivity index (χ1v) is 6.20. The van der Waals surface area contributed by atoms with Gasteiger partial charge in [0.25, 0.3) is 0 Å². The third-order valence-electron chi connectivity index (χ3n) is 2.44. The molecule has 0 spiro atoms. The second kappa shape index (κ2) is 5.72. The summed E-state index contributed by atoms with van der Waals surface area (Å²) in [5.41, 5.74) is 1.05. The van der Waals surface area contributed by atoms with Crippen LogP contribution in [0, 0.1) is 0 Å². The second-order valence-corrected chi connectivity index (χ2v) is 4.56. The Hall–Kier alpha value is -1.49.